The lowest BCUT2D eigenvalue weighted by molar-refractivity contribution is -0.178. The van der Waals surface area contributed by atoms with Crippen molar-refractivity contribution in [1.82, 2.24) is 15.1 Å². The minimum Gasteiger partial charge on any atom is -0.431 e. The van der Waals surface area contributed by atoms with E-state index in [0.29, 0.717) is 31.4 Å². The van der Waals surface area contributed by atoms with E-state index >= 15 is 0 Å². The molecule has 7 heteroatoms. The van der Waals surface area contributed by atoms with Gasteiger partial charge in [-0.15, -0.1) is 0 Å². The van der Waals surface area contributed by atoms with Crippen LogP contribution in [0.5, 0.6) is 0 Å². The van der Waals surface area contributed by atoms with Crippen LogP contribution < -0.4 is 0 Å². The van der Waals surface area contributed by atoms with Gasteiger partial charge in [-0.1, -0.05) is 26.0 Å². The van der Waals surface area contributed by atoms with Crippen LogP contribution in [0.25, 0.3) is 22.2 Å². The molecular formula is C23H26FN3O3. The fourth-order valence-corrected chi connectivity index (χ4v) is 5.35. The third-order valence-corrected chi connectivity index (χ3v) is 6.81. The number of piperidine rings is 2. The van der Waals surface area contributed by atoms with Crippen molar-refractivity contribution in [3.05, 3.63) is 42.0 Å². The highest BCUT2D eigenvalue weighted by atomic mass is 19.1. The number of halogens is 1. The second kappa shape index (κ2) is 6.94. The number of fused-ring (bicyclic) bond motifs is 3. The first-order valence-electron chi connectivity index (χ1n) is 10.6. The lowest BCUT2D eigenvalue weighted by Crippen LogP contribution is -2.67. The molecule has 1 aromatic carbocycles. The molecule has 6 rings (SSSR count). The number of hydrogen-bond donors (Lipinski definition) is 2. The van der Waals surface area contributed by atoms with E-state index in [9.17, 15) is 14.3 Å². The molecule has 3 aliphatic rings. The Morgan fingerprint density at radius 1 is 1.37 bits per heavy atom. The molecule has 2 aliphatic heterocycles. The molecule has 2 aromatic heterocycles. The second-order valence-corrected chi connectivity index (χ2v) is 8.90. The Kier molecular flexibility index (Phi) is 4.47. The van der Waals surface area contributed by atoms with E-state index < -0.39 is 11.6 Å². The number of benzene rings is 1. The van der Waals surface area contributed by atoms with Crippen LogP contribution in [0.4, 0.5) is 4.39 Å². The zero-order valence-electron chi connectivity index (χ0n) is 17.2. The maximum Gasteiger partial charge on any atom is 0.278 e. The topological polar surface area (TPSA) is 82.4 Å². The Morgan fingerprint density at radius 2 is 2.17 bits per heavy atom. The van der Waals surface area contributed by atoms with Gasteiger partial charge in [-0.2, -0.15) is 9.49 Å². The van der Waals surface area contributed by atoms with Crippen molar-refractivity contribution in [3.8, 4) is 11.3 Å². The lowest BCUT2D eigenvalue weighted by Gasteiger charge is -2.58. The van der Waals surface area contributed by atoms with Crippen molar-refractivity contribution in [3.63, 3.8) is 0 Å². The summed E-state index contributed by atoms with van der Waals surface area (Å²) in [7, 11) is 0. The molecule has 0 radical (unpaired) electrons. The van der Waals surface area contributed by atoms with Crippen molar-refractivity contribution >= 4 is 16.8 Å². The highest BCUT2D eigenvalue weighted by molar-refractivity contribution is 5.96. The van der Waals surface area contributed by atoms with E-state index in [1.165, 1.54) is 6.07 Å². The van der Waals surface area contributed by atoms with Crippen LogP contribution in [-0.4, -0.2) is 43.8 Å². The van der Waals surface area contributed by atoms with Gasteiger partial charge in [0.05, 0.1) is 11.1 Å². The van der Waals surface area contributed by atoms with Crippen molar-refractivity contribution < 1.29 is 18.7 Å². The molecule has 2 N–H and O–H groups in total. The maximum atomic E-state index is 13.5. The summed E-state index contributed by atoms with van der Waals surface area (Å²) in [6.07, 6.45) is 3.24. The third kappa shape index (κ3) is 3.03. The summed E-state index contributed by atoms with van der Waals surface area (Å²) in [5.74, 6) is 0.460. The van der Waals surface area contributed by atoms with E-state index in [2.05, 4.69) is 17.1 Å². The van der Waals surface area contributed by atoms with Gasteiger partial charge in [0.15, 0.2) is 0 Å². The molecule has 2 unspecified atom stereocenters. The molecular weight excluding hydrogens is 385 g/mol. The fraction of sp³-hybridized carbons (Fsp3) is 0.478. The fourth-order valence-electron chi connectivity index (χ4n) is 5.35. The van der Waals surface area contributed by atoms with Crippen LogP contribution in [0.3, 0.4) is 0 Å². The molecule has 4 heterocycles. The Labute approximate surface area is 174 Å². The first-order valence-corrected chi connectivity index (χ1v) is 10.6. The molecule has 2 saturated heterocycles. The van der Waals surface area contributed by atoms with E-state index in [1.54, 1.807) is 6.07 Å². The number of aromatic amines is 1. The SMILES string of the molecule is CCC1CC2(O)CC(C2)N1C(=O)CC(C)c1[nH]nc2cccc(-c3ccc(F)o3)c12. The second-order valence-electron chi connectivity index (χ2n) is 8.90. The van der Waals surface area contributed by atoms with E-state index in [1.807, 2.05) is 30.0 Å². The Hall–Kier alpha value is -2.67. The highest BCUT2D eigenvalue weighted by Crippen LogP contribution is 2.47. The monoisotopic (exact) mass is 411 g/mol. The molecule has 2 bridgehead atoms. The summed E-state index contributed by atoms with van der Waals surface area (Å²) in [5, 5.41) is 18.8. The number of rotatable bonds is 5. The molecule has 3 aromatic rings. The average molecular weight is 411 g/mol. The Morgan fingerprint density at radius 3 is 2.87 bits per heavy atom. The normalized spacial score (nSPS) is 26.6. The minimum absolute atomic E-state index is 0.0955. The van der Waals surface area contributed by atoms with E-state index in [-0.39, 0.29) is 23.9 Å². The van der Waals surface area contributed by atoms with Gasteiger partial charge >= 0.3 is 0 Å². The number of amides is 1. The summed E-state index contributed by atoms with van der Waals surface area (Å²) < 4.78 is 18.7. The van der Waals surface area contributed by atoms with Crippen molar-refractivity contribution in [2.45, 2.75) is 69.6 Å². The Bertz CT molecular complexity index is 1100. The maximum absolute atomic E-state index is 13.5. The molecule has 1 aliphatic carbocycles. The summed E-state index contributed by atoms with van der Waals surface area (Å²) >= 11 is 0. The average Bonchev–Trinajstić information content (AvgIpc) is 3.32. The van der Waals surface area contributed by atoms with E-state index in [4.69, 9.17) is 4.42 Å². The summed E-state index contributed by atoms with van der Waals surface area (Å²) in [5.41, 5.74) is 1.79. The molecule has 6 nitrogen and oxygen atoms in total. The third-order valence-electron chi connectivity index (χ3n) is 6.81. The Balaban J connectivity index is 1.43. The summed E-state index contributed by atoms with van der Waals surface area (Å²) in [4.78, 5) is 15.3. The van der Waals surface area contributed by atoms with Crippen LogP contribution in [0.15, 0.2) is 34.7 Å². The molecule has 2 atom stereocenters. The van der Waals surface area contributed by atoms with Gasteiger partial charge in [0, 0.05) is 47.1 Å². The van der Waals surface area contributed by atoms with Gasteiger partial charge in [-0.3, -0.25) is 9.89 Å². The van der Waals surface area contributed by atoms with Gasteiger partial charge in [0.2, 0.25) is 5.91 Å². The summed E-state index contributed by atoms with van der Waals surface area (Å²) in [6, 6.07) is 8.13. The predicted molar refractivity (Wildman–Crippen MR) is 110 cm³/mol. The van der Waals surface area contributed by atoms with Gasteiger partial charge in [-0.25, -0.2) is 0 Å². The van der Waals surface area contributed by atoms with Crippen LogP contribution in [0, 0.1) is 6.01 Å². The van der Waals surface area contributed by atoms with Crippen molar-refractivity contribution in [2.24, 2.45) is 0 Å². The number of carbonyl (C=O) groups is 1. The van der Waals surface area contributed by atoms with Crippen LogP contribution in [0.1, 0.15) is 57.6 Å². The first kappa shape index (κ1) is 19.3. The standard InChI is InChI=1S/C23H26FN3O3/c1-3-14-10-23(29)11-15(12-23)27(14)20(28)9-13(2)22-21-16(18-7-8-19(24)30-18)5-4-6-17(21)25-26-22/h4-8,13-15,29H,3,9-12H2,1-2H3,(H,25,26). The molecule has 0 spiro atoms. The van der Waals surface area contributed by atoms with Crippen LogP contribution in [-0.2, 0) is 4.79 Å². The molecule has 30 heavy (non-hydrogen) atoms. The summed E-state index contributed by atoms with van der Waals surface area (Å²) in [6.45, 7) is 4.08. The number of furan rings is 1. The van der Waals surface area contributed by atoms with Crippen LogP contribution in [0.2, 0.25) is 0 Å². The number of aliphatic hydroxyl groups is 1. The zero-order valence-corrected chi connectivity index (χ0v) is 17.2. The van der Waals surface area contributed by atoms with Gasteiger partial charge in [0.25, 0.3) is 6.01 Å². The van der Waals surface area contributed by atoms with Crippen LogP contribution >= 0.6 is 0 Å². The molecule has 1 amide bonds. The highest BCUT2D eigenvalue weighted by Gasteiger charge is 2.54. The molecule has 1 saturated carbocycles. The molecule has 158 valence electrons. The quantitative estimate of drug-likeness (QED) is 0.654. The lowest BCUT2D eigenvalue weighted by atomic mass is 9.66. The minimum atomic E-state index is -0.633. The smallest absolute Gasteiger partial charge is 0.278 e. The zero-order chi connectivity index (χ0) is 21.0. The molecule has 3 fully saturated rings. The number of nitrogens with zero attached hydrogens (tertiary/aromatic N) is 2. The van der Waals surface area contributed by atoms with Gasteiger partial charge in [-0.05, 0) is 37.8 Å². The van der Waals surface area contributed by atoms with Gasteiger partial charge < -0.3 is 14.4 Å². The number of nitrogens with one attached hydrogen (secondary N) is 1. The van der Waals surface area contributed by atoms with Gasteiger partial charge in [0.1, 0.15) is 5.76 Å². The number of carbonyl (C=O) groups excluding carboxylic acids is 1. The number of hydrogen-bond acceptors (Lipinski definition) is 4. The predicted octanol–water partition coefficient (Wildman–Crippen LogP) is 4.36. The van der Waals surface area contributed by atoms with Crippen molar-refractivity contribution in [2.75, 3.05) is 0 Å². The number of H-pyrrole nitrogens is 1. The largest absolute Gasteiger partial charge is 0.431 e. The van der Waals surface area contributed by atoms with Crippen molar-refractivity contribution in [1.29, 1.82) is 0 Å². The van der Waals surface area contributed by atoms with E-state index in [0.717, 1.165) is 28.6 Å². The number of aromatic nitrogens is 2. The first-order chi connectivity index (χ1) is 14.4.